The van der Waals surface area contributed by atoms with E-state index in [2.05, 4.69) is 29.2 Å². The van der Waals surface area contributed by atoms with Crippen molar-refractivity contribution in [2.75, 3.05) is 0 Å². The standard InChI is InChI=1S/C24H17NOS2/c26-17-18-15-22(27-19-9-3-1-4-10-19)24(21-13-7-8-14-25-21)23(16-18)28-20-11-5-2-6-12-20/h1-17H. The van der Waals surface area contributed by atoms with Crippen molar-refractivity contribution in [3.8, 4) is 11.3 Å². The van der Waals surface area contributed by atoms with Crippen LogP contribution in [0.4, 0.5) is 0 Å². The lowest BCUT2D eigenvalue weighted by molar-refractivity contribution is 0.112. The predicted molar refractivity (Wildman–Crippen MR) is 116 cm³/mol. The summed E-state index contributed by atoms with van der Waals surface area (Å²) < 4.78 is 0. The van der Waals surface area contributed by atoms with Crippen LogP contribution in [0.5, 0.6) is 0 Å². The fourth-order valence-corrected chi connectivity index (χ4v) is 5.02. The van der Waals surface area contributed by atoms with Gasteiger partial charge in [0.15, 0.2) is 0 Å². The van der Waals surface area contributed by atoms with Crippen molar-refractivity contribution in [2.24, 2.45) is 0 Å². The highest BCUT2D eigenvalue weighted by molar-refractivity contribution is 8.00. The predicted octanol–water partition coefficient (Wildman–Crippen LogP) is 6.86. The second-order valence-electron chi connectivity index (χ2n) is 6.06. The van der Waals surface area contributed by atoms with Crippen LogP contribution in [0.25, 0.3) is 11.3 Å². The maximum Gasteiger partial charge on any atom is 0.150 e. The van der Waals surface area contributed by atoms with Gasteiger partial charge in [-0.3, -0.25) is 9.78 Å². The Bertz CT molecular complexity index is 1010. The first kappa shape index (κ1) is 18.5. The number of nitrogens with zero attached hydrogens (tertiary/aromatic N) is 1. The zero-order valence-corrected chi connectivity index (χ0v) is 16.6. The molecule has 0 spiro atoms. The Morgan fingerprint density at radius 2 is 1.21 bits per heavy atom. The van der Waals surface area contributed by atoms with E-state index in [-0.39, 0.29) is 0 Å². The minimum Gasteiger partial charge on any atom is -0.298 e. The molecule has 0 radical (unpaired) electrons. The molecule has 28 heavy (non-hydrogen) atoms. The summed E-state index contributed by atoms with van der Waals surface area (Å²) in [6.45, 7) is 0. The molecule has 4 rings (SSSR count). The number of carbonyl (C=O) groups is 1. The third-order valence-corrected chi connectivity index (χ3v) is 6.19. The Kier molecular flexibility index (Phi) is 5.90. The van der Waals surface area contributed by atoms with E-state index in [1.165, 1.54) is 0 Å². The zero-order valence-electron chi connectivity index (χ0n) is 15.0. The molecule has 0 amide bonds. The first-order valence-electron chi connectivity index (χ1n) is 8.84. The highest BCUT2D eigenvalue weighted by Crippen LogP contribution is 2.43. The summed E-state index contributed by atoms with van der Waals surface area (Å²) in [6, 6.07) is 30.2. The van der Waals surface area contributed by atoms with Crippen LogP contribution in [-0.4, -0.2) is 11.3 Å². The largest absolute Gasteiger partial charge is 0.298 e. The zero-order chi connectivity index (χ0) is 19.2. The van der Waals surface area contributed by atoms with Gasteiger partial charge in [-0.25, -0.2) is 0 Å². The second-order valence-corrected chi connectivity index (χ2v) is 8.29. The van der Waals surface area contributed by atoms with Crippen LogP contribution < -0.4 is 0 Å². The fourth-order valence-electron chi connectivity index (χ4n) is 2.83. The van der Waals surface area contributed by atoms with Gasteiger partial charge in [-0.15, -0.1) is 0 Å². The van der Waals surface area contributed by atoms with Gasteiger partial charge < -0.3 is 0 Å². The summed E-state index contributed by atoms with van der Waals surface area (Å²) in [4.78, 5) is 20.5. The smallest absolute Gasteiger partial charge is 0.150 e. The van der Waals surface area contributed by atoms with Crippen molar-refractivity contribution >= 4 is 29.8 Å². The van der Waals surface area contributed by atoms with Crippen molar-refractivity contribution in [3.05, 3.63) is 103 Å². The summed E-state index contributed by atoms with van der Waals surface area (Å²) in [6.07, 6.45) is 2.71. The fraction of sp³-hybridized carbons (Fsp3) is 0. The molecular weight excluding hydrogens is 382 g/mol. The van der Waals surface area contributed by atoms with Gasteiger partial charge >= 0.3 is 0 Å². The van der Waals surface area contributed by atoms with Gasteiger partial charge in [0.05, 0.1) is 5.69 Å². The number of rotatable bonds is 6. The van der Waals surface area contributed by atoms with Gasteiger partial charge in [0.1, 0.15) is 6.29 Å². The molecule has 0 saturated carbocycles. The van der Waals surface area contributed by atoms with E-state index in [0.29, 0.717) is 5.56 Å². The SMILES string of the molecule is O=Cc1cc(Sc2ccccc2)c(-c2ccccn2)c(Sc2ccccc2)c1. The van der Waals surface area contributed by atoms with Crippen LogP contribution in [0.15, 0.2) is 117 Å². The van der Waals surface area contributed by atoms with Gasteiger partial charge in [0.25, 0.3) is 0 Å². The minimum absolute atomic E-state index is 0.663. The van der Waals surface area contributed by atoms with E-state index in [0.717, 1.165) is 37.1 Å². The summed E-state index contributed by atoms with van der Waals surface area (Å²) in [5.41, 5.74) is 2.61. The van der Waals surface area contributed by atoms with E-state index in [4.69, 9.17) is 0 Å². The molecule has 136 valence electrons. The summed E-state index contributed by atoms with van der Waals surface area (Å²) in [5.74, 6) is 0. The normalized spacial score (nSPS) is 10.6. The quantitative estimate of drug-likeness (QED) is 0.331. The molecule has 4 heteroatoms. The lowest BCUT2D eigenvalue weighted by Gasteiger charge is -2.15. The number of hydrogen-bond donors (Lipinski definition) is 0. The summed E-state index contributed by atoms with van der Waals surface area (Å²) in [5, 5.41) is 0. The molecule has 0 fully saturated rings. The highest BCUT2D eigenvalue weighted by Gasteiger charge is 2.16. The Labute approximate surface area is 173 Å². The van der Waals surface area contributed by atoms with Gasteiger partial charge in [-0.05, 0) is 48.5 Å². The molecular formula is C24H17NOS2. The molecule has 0 unspecified atom stereocenters. The number of pyridine rings is 1. The van der Waals surface area contributed by atoms with E-state index >= 15 is 0 Å². The second kappa shape index (κ2) is 8.91. The lowest BCUT2D eigenvalue weighted by atomic mass is 10.1. The molecule has 1 aromatic heterocycles. The van der Waals surface area contributed by atoms with E-state index in [1.807, 2.05) is 66.7 Å². The van der Waals surface area contributed by atoms with Crippen LogP contribution in [0.2, 0.25) is 0 Å². The maximum absolute atomic E-state index is 11.6. The Morgan fingerprint density at radius 3 is 1.68 bits per heavy atom. The Morgan fingerprint density at radius 1 is 0.679 bits per heavy atom. The van der Waals surface area contributed by atoms with Crippen LogP contribution >= 0.6 is 23.5 Å². The van der Waals surface area contributed by atoms with Crippen molar-refractivity contribution in [3.63, 3.8) is 0 Å². The summed E-state index contributed by atoms with van der Waals surface area (Å²) >= 11 is 3.30. The van der Waals surface area contributed by atoms with Crippen molar-refractivity contribution in [1.82, 2.24) is 4.98 Å². The third kappa shape index (κ3) is 4.35. The Hall–Kier alpha value is -2.82. The molecule has 1 heterocycles. The number of aldehydes is 1. The van der Waals surface area contributed by atoms with E-state index < -0.39 is 0 Å². The minimum atomic E-state index is 0.663. The van der Waals surface area contributed by atoms with E-state index in [9.17, 15) is 4.79 Å². The molecule has 0 atom stereocenters. The molecule has 0 aliphatic rings. The number of aromatic nitrogens is 1. The maximum atomic E-state index is 11.6. The van der Waals surface area contributed by atoms with Gasteiger partial charge in [-0.2, -0.15) is 0 Å². The van der Waals surface area contributed by atoms with Gasteiger partial charge in [-0.1, -0.05) is 66.0 Å². The van der Waals surface area contributed by atoms with Crippen molar-refractivity contribution < 1.29 is 4.79 Å². The average Bonchev–Trinajstić information content (AvgIpc) is 2.75. The van der Waals surface area contributed by atoms with Crippen LogP contribution in [0.1, 0.15) is 10.4 Å². The van der Waals surface area contributed by atoms with Crippen LogP contribution in [0.3, 0.4) is 0 Å². The Balaban J connectivity index is 1.88. The van der Waals surface area contributed by atoms with Gasteiger partial charge in [0.2, 0.25) is 0 Å². The molecule has 0 saturated heterocycles. The first-order chi connectivity index (χ1) is 13.8. The first-order valence-corrected chi connectivity index (χ1v) is 10.5. The number of benzene rings is 3. The van der Waals surface area contributed by atoms with Crippen molar-refractivity contribution in [1.29, 1.82) is 0 Å². The molecule has 0 aliphatic heterocycles. The monoisotopic (exact) mass is 399 g/mol. The molecule has 0 N–H and O–H groups in total. The topological polar surface area (TPSA) is 30.0 Å². The lowest BCUT2D eigenvalue weighted by Crippen LogP contribution is -1.93. The van der Waals surface area contributed by atoms with Crippen molar-refractivity contribution in [2.45, 2.75) is 19.6 Å². The molecule has 0 bridgehead atoms. The molecule has 3 aromatic carbocycles. The average molecular weight is 400 g/mol. The summed E-state index contributed by atoms with van der Waals surface area (Å²) in [7, 11) is 0. The molecule has 0 aliphatic carbocycles. The van der Waals surface area contributed by atoms with E-state index in [1.54, 1.807) is 29.7 Å². The van der Waals surface area contributed by atoms with Crippen LogP contribution in [0, 0.1) is 0 Å². The number of hydrogen-bond acceptors (Lipinski definition) is 4. The third-order valence-electron chi connectivity index (χ3n) is 4.09. The van der Waals surface area contributed by atoms with Crippen LogP contribution in [-0.2, 0) is 0 Å². The molecule has 2 nitrogen and oxygen atoms in total. The highest BCUT2D eigenvalue weighted by atomic mass is 32.2. The molecule has 4 aromatic rings. The number of carbonyl (C=O) groups excluding carboxylic acids is 1. The van der Waals surface area contributed by atoms with Gasteiger partial charge in [0, 0.05) is 36.9 Å².